The predicted molar refractivity (Wildman–Crippen MR) is 136 cm³/mol. The molecule has 14 heteroatoms. The van der Waals surface area contributed by atoms with E-state index in [0.29, 0.717) is 29.6 Å². The molecule has 2 aromatic rings. The lowest BCUT2D eigenvalue weighted by Gasteiger charge is -2.42. The Kier molecular flexibility index (Phi) is 8.11. The highest BCUT2D eigenvalue weighted by Crippen LogP contribution is 2.56. The van der Waals surface area contributed by atoms with Crippen molar-refractivity contribution in [3.8, 4) is 28.7 Å². The van der Waals surface area contributed by atoms with Gasteiger partial charge in [-0.1, -0.05) is 6.07 Å². The maximum absolute atomic E-state index is 11.9. The standard InChI is InChI=1S/C27H31NO13/c1-28-26(39-18(31)9-17(29)30)25-20(33)19(32)21(34)27(41-25)38-11-4-5-13-16(8-11)37-10-14-12-6-7-15(35-2)24(36-3)23(12)40-22(13)14/h4-8,14,19-22,25-28,32-34H,9-10H2,1-3H3,(H,29,30)/t14-,19+,20+,21-,22+,25-,26-,27-/m1/s1. The number of rotatable bonds is 9. The quantitative estimate of drug-likeness (QED) is 0.153. The smallest absolute Gasteiger partial charge is 0.318 e. The lowest BCUT2D eigenvalue weighted by atomic mass is 9.89. The average molecular weight is 578 g/mol. The van der Waals surface area contributed by atoms with Crippen molar-refractivity contribution in [2.75, 3.05) is 27.9 Å². The molecule has 0 saturated carbocycles. The van der Waals surface area contributed by atoms with Gasteiger partial charge in [0.2, 0.25) is 12.0 Å². The van der Waals surface area contributed by atoms with E-state index in [1.54, 1.807) is 32.4 Å². The third-order valence-corrected chi connectivity index (χ3v) is 7.25. The van der Waals surface area contributed by atoms with Crippen molar-refractivity contribution < 1.29 is 63.2 Å². The second-order valence-corrected chi connectivity index (χ2v) is 9.70. The second kappa shape index (κ2) is 11.6. The van der Waals surface area contributed by atoms with E-state index in [4.69, 9.17) is 38.3 Å². The number of nitrogens with one attached hydrogen (secondary N) is 1. The number of aliphatic carboxylic acids is 1. The first-order chi connectivity index (χ1) is 19.7. The molecule has 0 spiro atoms. The van der Waals surface area contributed by atoms with E-state index in [1.807, 2.05) is 12.1 Å². The average Bonchev–Trinajstić information content (AvgIpc) is 3.34. The molecule has 3 heterocycles. The summed E-state index contributed by atoms with van der Waals surface area (Å²) in [6.45, 7) is 0.310. The molecular formula is C27H31NO13. The van der Waals surface area contributed by atoms with E-state index in [0.717, 1.165) is 11.1 Å². The Hall–Kier alpha value is -3.82. The fourth-order valence-corrected chi connectivity index (χ4v) is 5.24. The number of fused-ring (bicyclic) bond motifs is 5. The molecule has 8 atom stereocenters. The molecule has 3 aliphatic rings. The summed E-state index contributed by atoms with van der Waals surface area (Å²) >= 11 is 0. The van der Waals surface area contributed by atoms with Gasteiger partial charge in [-0.05, 0) is 25.2 Å². The lowest BCUT2D eigenvalue weighted by Crippen LogP contribution is -2.64. The van der Waals surface area contributed by atoms with Crippen LogP contribution in [0.2, 0.25) is 0 Å². The number of hydrogen-bond donors (Lipinski definition) is 5. The van der Waals surface area contributed by atoms with Gasteiger partial charge in [0.1, 0.15) is 48.4 Å². The van der Waals surface area contributed by atoms with Gasteiger partial charge >= 0.3 is 11.9 Å². The van der Waals surface area contributed by atoms with Crippen molar-refractivity contribution in [3.05, 3.63) is 41.5 Å². The van der Waals surface area contributed by atoms with Crippen LogP contribution in [-0.4, -0.2) is 97.2 Å². The number of benzene rings is 2. The van der Waals surface area contributed by atoms with Crippen LogP contribution in [0, 0.1) is 0 Å². The van der Waals surface area contributed by atoms with Gasteiger partial charge in [-0.3, -0.25) is 14.9 Å². The molecule has 0 radical (unpaired) electrons. The molecule has 1 fully saturated rings. The van der Waals surface area contributed by atoms with E-state index in [1.165, 1.54) is 7.05 Å². The number of aliphatic hydroxyl groups is 3. The number of aliphatic hydroxyl groups excluding tert-OH is 3. The highest BCUT2D eigenvalue weighted by Gasteiger charge is 2.49. The highest BCUT2D eigenvalue weighted by atomic mass is 16.7. The van der Waals surface area contributed by atoms with Crippen molar-refractivity contribution in [2.45, 2.75) is 55.4 Å². The van der Waals surface area contributed by atoms with E-state index < -0.39 is 55.3 Å². The molecule has 14 nitrogen and oxygen atoms in total. The summed E-state index contributed by atoms with van der Waals surface area (Å²) in [7, 11) is 4.47. The zero-order valence-electron chi connectivity index (χ0n) is 22.4. The van der Waals surface area contributed by atoms with Gasteiger partial charge in [0.25, 0.3) is 0 Å². The summed E-state index contributed by atoms with van der Waals surface area (Å²) in [5, 5.41) is 42.9. The number of carbonyl (C=O) groups excluding carboxylic acids is 1. The minimum Gasteiger partial charge on any atom is -0.493 e. The topological polar surface area (TPSA) is 192 Å². The monoisotopic (exact) mass is 577 g/mol. The molecule has 0 bridgehead atoms. The Morgan fingerprint density at radius 3 is 2.49 bits per heavy atom. The van der Waals surface area contributed by atoms with Crippen LogP contribution >= 0.6 is 0 Å². The van der Waals surface area contributed by atoms with Gasteiger partial charge in [0, 0.05) is 17.2 Å². The zero-order chi connectivity index (χ0) is 29.4. The summed E-state index contributed by atoms with van der Waals surface area (Å²) in [4.78, 5) is 22.7. The first kappa shape index (κ1) is 28.7. The Bertz CT molecular complexity index is 1300. The van der Waals surface area contributed by atoms with Crippen molar-refractivity contribution in [3.63, 3.8) is 0 Å². The van der Waals surface area contributed by atoms with Crippen molar-refractivity contribution in [1.29, 1.82) is 0 Å². The van der Waals surface area contributed by atoms with E-state index in [9.17, 15) is 24.9 Å². The number of likely N-dealkylation sites (N-methyl/N-ethyl adjacent to an activating group) is 1. The lowest BCUT2D eigenvalue weighted by molar-refractivity contribution is -0.291. The molecular weight excluding hydrogens is 546 g/mol. The van der Waals surface area contributed by atoms with Crippen molar-refractivity contribution in [1.82, 2.24) is 5.32 Å². The van der Waals surface area contributed by atoms with Crippen LogP contribution < -0.4 is 29.0 Å². The minimum atomic E-state index is -1.74. The van der Waals surface area contributed by atoms with Crippen LogP contribution in [0.15, 0.2) is 30.3 Å². The molecule has 222 valence electrons. The zero-order valence-corrected chi connectivity index (χ0v) is 22.4. The fraction of sp³-hybridized carbons (Fsp3) is 0.481. The van der Waals surface area contributed by atoms with Gasteiger partial charge in [-0.25, -0.2) is 0 Å². The first-order valence-corrected chi connectivity index (χ1v) is 12.8. The molecule has 0 amide bonds. The van der Waals surface area contributed by atoms with E-state index in [2.05, 4.69) is 5.32 Å². The molecule has 3 aliphatic heterocycles. The Morgan fingerprint density at radius 1 is 1.05 bits per heavy atom. The van der Waals surface area contributed by atoms with Crippen molar-refractivity contribution in [2.24, 2.45) is 0 Å². The maximum atomic E-state index is 11.9. The van der Waals surface area contributed by atoms with Crippen LogP contribution in [0.1, 0.15) is 29.6 Å². The largest absolute Gasteiger partial charge is 0.493 e. The van der Waals surface area contributed by atoms with Crippen LogP contribution in [0.5, 0.6) is 28.7 Å². The molecule has 5 rings (SSSR count). The van der Waals surface area contributed by atoms with Crippen LogP contribution in [0.4, 0.5) is 0 Å². The summed E-state index contributed by atoms with van der Waals surface area (Å²) in [5.41, 5.74) is 1.68. The fourth-order valence-electron chi connectivity index (χ4n) is 5.24. The predicted octanol–water partition coefficient (Wildman–Crippen LogP) is 0.0633. The normalized spacial score (nSPS) is 28.6. The SMILES string of the molecule is CN[C@H](OC(=O)CC(=O)O)[C@@H]1O[C@@H](Oc2ccc3c(c2)OC[C@@H]2c4ccc(OC)c(OC)c4O[C@@H]32)[C@H](O)[C@@H](O)[C@@H]1O. The number of esters is 1. The van der Waals surface area contributed by atoms with Gasteiger partial charge in [-0.15, -0.1) is 0 Å². The second-order valence-electron chi connectivity index (χ2n) is 9.70. The van der Waals surface area contributed by atoms with Gasteiger partial charge in [0.15, 0.2) is 17.7 Å². The van der Waals surface area contributed by atoms with Crippen LogP contribution in [-0.2, 0) is 19.1 Å². The summed E-state index contributed by atoms with van der Waals surface area (Å²) < 4.78 is 39.8. The Morgan fingerprint density at radius 2 is 1.80 bits per heavy atom. The Balaban J connectivity index is 1.33. The summed E-state index contributed by atoms with van der Waals surface area (Å²) in [5.74, 6) is -0.280. The van der Waals surface area contributed by atoms with E-state index in [-0.39, 0.29) is 17.8 Å². The first-order valence-electron chi connectivity index (χ1n) is 12.8. The summed E-state index contributed by atoms with van der Waals surface area (Å²) in [6.07, 6.45) is -10.6. The molecule has 5 N–H and O–H groups in total. The molecule has 0 unspecified atom stereocenters. The van der Waals surface area contributed by atoms with Crippen LogP contribution in [0.25, 0.3) is 0 Å². The van der Waals surface area contributed by atoms with Crippen LogP contribution in [0.3, 0.4) is 0 Å². The van der Waals surface area contributed by atoms with Gasteiger partial charge < -0.3 is 53.6 Å². The molecule has 0 aromatic heterocycles. The van der Waals surface area contributed by atoms with Crippen molar-refractivity contribution >= 4 is 11.9 Å². The number of ether oxygens (including phenoxy) is 7. The van der Waals surface area contributed by atoms with E-state index >= 15 is 0 Å². The number of carboxylic acids is 1. The number of hydrogen-bond acceptors (Lipinski definition) is 13. The Labute approximate surface area is 234 Å². The molecule has 0 aliphatic carbocycles. The third-order valence-electron chi connectivity index (χ3n) is 7.25. The number of carbonyl (C=O) groups is 2. The summed E-state index contributed by atoms with van der Waals surface area (Å²) in [6, 6.07) is 8.68. The third kappa shape index (κ3) is 5.31. The number of methoxy groups -OCH3 is 2. The molecule has 2 aromatic carbocycles. The van der Waals surface area contributed by atoms with Gasteiger partial charge in [-0.2, -0.15) is 0 Å². The van der Waals surface area contributed by atoms with Gasteiger partial charge in [0.05, 0.1) is 26.7 Å². The maximum Gasteiger partial charge on any atom is 0.318 e. The molecule has 41 heavy (non-hydrogen) atoms. The highest BCUT2D eigenvalue weighted by molar-refractivity contribution is 5.90. The molecule has 1 saturated heterocycles. The minimum absolute atomic E-state index is 0.0905. The number of carboxylic acid groups (broad SMARTS) is 1.